The molecule has 146 valence electrons. The molecular weight excluding hydrogens is 382 g/mol. The van der Waals surface area contributed by atoms with Crippen LogP contribution in [0.5, 0.6) is 5.75 Å². The van der Waals surface area contributed by atoms with Crippen LogP contribution in [0.15, 0.2) is 17.0 Å². The predicted molar refractivity (Wildman–Crippen MR) is 113 cm³/mol. The summed E-state index contributed by atoms with van der Waals surface area (Å²) in [6.07, 6.45) is 3.51. The molecule has 2 unspecified atom stereocenters. The number of aromatic hydroxyl groups is 1. The highest BCUT2D eigenvalue weighted by molar-refractivity contribution is 8.26. The van der Waals surface area contributed by atoms with Crippen molar-refractivity contribution in [3.63, 3.8) is 0 Å². The number of carboxylic acid groups (broad SMARTS) is 1. The molecule has 1 saturated heterocycles. The van der Waals surface area contributed by atoms with E-state index < -0.39 is 18.4 Å². The molecule has 2 rings (SSSR count). The lowest BCUT2D eigenvalue weighted by molar-refractivity contribution is -0.140. The Morgan fingerprint density at radius 1 is 1.22 bits per heavy atom. The Balaban J connectivity index is 2.49. The molecule has 1 heterocycles. The third kappa shape index (κ3) is 4.71. The van der Waals surface area contributed by atoms with Gasteiger partial charge in [-0.3, -0.25) is 14.5 Å². The Morgan fingerprint density at radius 2 is 1.74 bits per heavy atom. The summed E-state index contributed by atoms with van der Waals surface area (Å²) in [5.41, 5.74) is 2.54. The van der Waals surface area contributed by atoms with Crippen molar-refractivity contribution < 1.29 is 19.8 Å². The first-order chi connectivity index (χ1) is 12.7. The molecule has 1 fully saturated rings. The first-order valence-corrected chi connectivity index (χ1v) is 10.3. The molecule has 1 amide bonds. The number of nitrogens with zero attached hydrogens (tertiary/aromatic N) is 1. The Kier molecular flexibility index (Phi) is 7.06. The molecule has 0 spiro atoms. The van der Waals surface area contributed by atoms with Gasteiger partial charge in [-0.25, -0.2) is 0 Å². The fourth-order valence-corrected chi connectivity index (χ4v) is 4.16. The number of carbonyl (C=O) groups is 2. The van der Waals surface area contributed by atoms with Crippen molar-refractivity contribution >= 4 is 46.3 Å². The largest absolute Gasteiger partial charge is 0.507 e. The van der Waals surface area contributed by atoms with Gasteiger partial charge < -0.3 is 10.2 Å². The van der Waals surface area contributed by atoms with Gasteiger partial charge in [-0.15, -0.1) is 0 Å². The fraction of sp³-hybridized carbons (Fsp3) is 0.450. The zero-order chi connectivity index (χ0) is 20.3. The van der Waals surface area contributed by atoms with Crippen LogP contribution in [0, 0.1) is 0 Å². The average molecular weight is 408 g/mol. The quantitative estimate of drug-likeness (QED) is 0.504. The minimum atomic E-state index is -1.10. The highest BCUT2D eigenvalue weighted by atomic mass is 32.2. The number of hydrogen-bond donors (Lipinski definition) is 2. The summed E-state index contributed by atoms with van der Waals surface area (Å²) >= 11 is 6.25. The van der Waals surface area contributed by atoms with E-state index in [1.807, 2.05) is 12.1 Å². The molecule has 27 heavy (non-hydrogen) atoms. The molecule has 5 nitrogen and oxygen atoms in total. The summed E-state index contributed by atoms with van der Waals surface area (Å²) in [5, 5.41) is 19.7. The highest BCUT2D eigenvalue weighted by Crippen LogP contribution is 2.39. The second kappa shape index (κ2) is 8.89. The predicted octanol–water partition coefficient (Wildman–Crippen LogP) is 4.71. The van der Waals surface area contributed by atoms with Crippen molar-refractivity contribution in [1.29, 1.82) is 0 Å². The molecule has 2 atom stereocenters. The SMILES string of the molecule is CCC(C)c1cc(/C=C2\SC(=S)N(CC(=O)O)C2=O)cc(C(C)CC)c1O. The molecule has 0 aliphatic carbocycles. The number of rotatable bonds is 7. The molecule has 1 aromatic carbocycles. The zero-order valence-electron chi connectivity index (χ0n) is 16.0. The highest BCUT2D eigenvalue weighted by Gasteiger charge is 2.33. The number of amides is 1. The summed E-state index contributed by atoms with van der Waals surface area (Å²) < 4.78 is 0.247. The molecule has 1 aromatic rings. The third-order valence-corrected chi connectivity index (χ3v) is 6.32. The lowest BCUT2D eigenvalue weighted by Crippen LogP contribution is -2.33. The summed E-state index contributed by atoms with van der Waals surface area (Å²) in [7, 11) is 0. The average Bonchev–Trinajstić information content (AvgIpc) is 2.88. The van der Waals surface area contributed by atoms with E-state index in [4.69, 9.17) is 17.3 Å². The summed E-state index contributed by atoms with van der Waals surface area (Å²) in [4.78, 5) is 25.0. The normalized spacial score (nSPS) is 18.2. The first kappa shape index (κ1) is 21.4. The Hall–Kier alpha value is -1.86. The van der Waals surface area contributed by atoms with Gasteiger partial charge in [-0.2, -0.15) is 0 Å². The Labute approximate surface area is 169 Å². The van der Waals surface area contributed by atoms with Gasteiger partial charge in [-0.05, 0) is 59.6 Å². The van der Waals surface area contributed by atoms with Gasteiger partial charge in [-0.1, -0.05) is 51.7 Å². The van der Waals surface area contributed by atoms with Crippen LogP contribution in [-0.4, -0.2) is 37.9 Å². The van der Waals surface area contributed by atoms with Crippen molar-refractivity contribution in [2.45, 2.75) is 52.4 Å². The molecule has 1 aliphatic heterocycles. The molecule has 0 radical (unpaired) electrons. The molecule has 0 aromatic heterocycles. The number of carboxylic acids is 1. The smallest absolute Gasteiger partial charge is 0.323 e. The van der Waals surface area contributed by atoms with E-state index >= 15 is 0 Å². The zero-order valence-corrected chi connectivity index (χ0v) is 17.6. The Bertz CT molecular complexity index is 772. The minimum absolute atomic E-state index is 0.183. The second-order valence-electron chi connectivity index (χ2n) is 6.83. The van der Waals surface area contributed by atoms with Gasteiger partial charge >= 0.3 is 5.97 Å². The lowest BCUT2D eigenvalue weighted by atomic mass is 9.88. The number of phenols is 1. The van der Waals surface area contributed by atoms with Crippen LogP contribution in [-0.2, 0) is 9.59 Å². The van der Waals surface area contributed by atoms with E-state index in [-0.39, 0.29) is 16.2 Å². The topological polar surface area (TPSA) is 77.8 Å². The maximum absolute atomic E-state index is 12.5. The maximum Gasteiger partial charge on any atom is 0.323 e. The van der Waals surface area contributed by atoms with Crippen molar-refractivity contribution in [1.82, 2.24) is 4.90 Å². The summed E-state index contributed by atoms with van der Waals surface area (Å²) in [6.45, 7) is 7.82. The number of thiocarbonyl (C=S) groups is 1. The van der Waals surface area contributed by atoms with Gasteiger partial charge in [0.1, 0.15) is 16.6 Å². The van der Waals surface area contributed by atoms with E-state index in [1.54, 1.807) is 6.08 Å². The van der Waals surface area contributed by atoms with E-state index in [2.05, 4.69) is 27.7 Å². The number of hydrogen-bond acceptors (Lipinski definition) is 5. The van der Waals surface area contributed by atoms with Crippen molar-refractivity contribution in [2.24, 2.45) is 0 Å². The van der Waals surface area contributed by atoms with E-state index in [0.717, 1.165) is 46.2 Å². The molecular formula is C20H25NO4S2. The third-order valence-electron chi connectivity index (χ3n) is 4.94. The van der Waals surface area contributed by atoms with Crippen LogP contribution < -0.4 is 0 Å². The van der Waals surface area contributed by atoms with Gasteiger partial charge in [0.15, 0.2) is 0 Å². The molecule has 2 N–H and O–H groups in total. The van der Waals surface area contributed by atoms with Crippen molar-refractivity contribution in [3.8, 4) is 5.75 Å². The summed E-state index contributed by atoms with van der Waals surface area (Å²) in [5.74, 6) is -0.800. The number of phenolic OH excluding ortho intramolecular Hbond substituents is 1. The molecule has 0 bridgehead atoms. The molecule has 1 aliphatic rings. The van der Waals surface area contributed by atoms with Crippen LogP contribution in [0.1, 0.15) is 69.1 Å². The molecule has 0 saturated carbocycles. The van der Waals surface area contributed by atoms with E-state index in [1.165, 1.54) is 0 Å². The minimum Gasteiger partial charge on any atom is -0.507 e. The van der Waals surface area contributed by atoms with E-state index in [0.29, 0.717) is 10.7 Å². The maximum atomic E-state index is 12.5. The van der Waals surface area contributed by atoms with Gasteiger partial charge in [0.2, 0.25) is 0 Å². The van der Waals surface area contributed by atoms with Crippen molar-refractivity contribution in [2.75, 3.05) is 6.54 Å². The lowest BCUT2D eigenvalue weighted by Gasteiger charge is -2.19. The van der Waals surface area contributed by atoms with Crippen LogP contribution in [0.4, 0.5) is 0 Å². The number of benzene rings is 1. The van der Waals surface area contributed by atoms with Gasteiger partial charge in [0.05, 0.1) is 4.91 Å². The van der Waals surface area contributed by atoms with Crippen LogP contribution in [0.2, 0.25) is 0 Å². The van der Waals surface area contributed by atoms with E-state index in [9.17, 15) is 14.7 Å². The van der Waals surface area contributed by atoms with Crippen LogP contribution in [0.3, 0.4) is 0 Å². The second-order valence-corrected chi connectivity index (χ2v) is 8.50. The first-order valence-electron chi connectivity index (χ1n) is 9.03. The number of aliphatic carboxylic acids is 1. The van der Waals surface area contributed by atoms with Gasteiger partial charge in [0, 0.05) is 0 Å². The Morgan fingerprint density at radius 3 is 2.19 bits per heavy atom. The number of thioether (sulfide) groups is 1. The number of carbonyl (C=O) groups excluding carboxylic acids is 1. The fourth-order valence-electron chi connectivity index (χ4n) is 2.90. The monoisotopic (exact) mass is 407 g/mol. The molecule has 7 heteroatoms. The van der Waals surface area contributed by atoms with Crippen LogP contribution >= 0.6 is 24.0 Å². The van der Waals surface area contributed by atoms with Crippen LogP contribution in [0.25, 0.3) is 6.08 Å². The van der Waals surface area contributed by atoms with Crippen molar-refractivity contribution in [3.05, 3.63) is 33.7 Å². The summed E-state index contributed by atoms with van der Waals surface area (Å²) in [6, 6.07) is 3.80. The standard InChI is InChI=1S/C20H25NO4S2/c1-5-11(3)14-7-13(8-15(18(14)24)12(4)6-2)9-16-19(25)21(10-17(22)23)20(26)27-16/h7-9,11-12,24H,5-6,10H2,1-4H3,(H,22,23)/b16-9-. The van der Waals surface area contributed by atoms with Gasteiger partial charge in [0.25, 0.3) is 5.91 Å².